The van der Waals surface area contributed by atoms with Crippen LogP contribution in [0.1, 0.15) is 48.8 Å². The predicted octanol–water partition coefficient (Wildman–Crippen LogP) is 3.78. The number of rotatable bonds is 1. The Morgan fingerprint density at radius 3 is 2.80 bits per heavy atom. The van der Waals surface area contributed by atoms with Crippen LogP contribution in [0.3, 0.4) is 0 Å². The number of anilines is 1. The number of aromatic amines is 1. The number of fused-ring (bicyclic) bond motifs is 5. The number of H-pyrrole nitrogens is 1. The molecule has 0 radical (unpaired) electrons. The van der Waals surface area contributed by atoms with E-state index < -0.39 is 0 Å². The Hall–Kier alpha value is -2.54. The van der Waals surface area contributed by atoms with Crippen molar-refractivity contribution < 1.29 is 4.40 Å². The van der Waals surface area contributed by atoms with Crippen molar-refractivity contribution in [2.45, 2.75) is 51.5 Å². The summed E-state index contributed by atoms with van der Waals surface area (Å²) in [5.41, 5.74) is 6.53. The summed E-state index contributed by atoms with van der Waals surface area (Å²) in [6.07, 6.45) is 7.70. The average Bonchev–Trinajstić information content (AvgIpc) is 3.24. The highest BCUT2D eigenvalue weighted by Crippen LogP contribution is 2.36. The van der Waals surface area contributed by atoms with Gasteiger partial charge in [-0.1, -0.05) is 31.4 Å². The smallest absolute Gasteiger partial charge is 0.250 e. The lowest BCUT2D eigenvalue weighted by molar-refractivity contribution is -0.467. The molecule has 1 aliphatic heterocycles. The summed E-state index contributed by atoms with van der Waals surface area (Å²) in [7, 11) is 0. The lowest BCUT2D eigenvalue weighted by Crippen LogP contribution is -2.41. The van der Waals surface area contributed by atoms with Crippen molar-refractivity contribution in [1.29, 1.82) is 5.26 Å². The zero-order chi connectivity index (χ0) is 17.0. The van der Waals surface area contributed by atoms with E-state index >= 15 is 0 Å². The highest BCUT2D eigenvalue weighted by molar-refractivity contribution is 5.78. The van der Waals surface area contributed by atoms with E-state index in [0.29, 0.717) is 6.04 Å². The van der Waals surface area contributed by atoms with Crippen molar-refractivity contribution >= 4 is 22.5 Å². The predicted molar refractivity (Wildman–Crippen MR) is 98.8 cm³/mol. The first-order chi connectivity index (χ1) is 12.3. The van der Waals surface area contributed by atoms with Crippen molar-refractivity contribution in [3.8, 4) is 6.07 Å². The average molecular weight is 331 g/mol. The van der Waals surface area contributed by atoms with Crippen LogP contribution in [-0.2, 0) is 6.42 Å². The first-order valence-corrected chi connectivity index (χ1v) is 9.44. The molecule has 2 aromatic heterocycles. The van der Waals surface area contributed by atoms with Crippen LogP contribution in [0.2, 0.25) is 0 Å². The lowest BCUT2D eigenvalue weighted by atomic mass is 9.94. The third-order valence-corrected chi connectivity index (χ3v) is 6.17. The first-order valence-electron chi connectivity index (χ1n) is 9.44. The van der Waals surface area contributed by atoms with E-state index in [2.05, 4.69) is 51.5 Å². The molecular formula is C21H23N4+. The first kappa shape index (κ1) is 14.8. The van der Waals surface area contributed by atoms with Gasteiger partial charge in [0.05, 0.1) is 12.6 Å². The summed E-state index contributed by atoms with van der Waals surface area (Å²) in [6.45, 7) is 3.20. The van der Waals surface area contributed by atoms with Gasteiger partial charge >= 0.3 is 0 Å². The molecule has 0 unspecified atom stereocenters. The number of imidazole rings is 1. The molecule has 0 amide bonds. The van der Waals surface area contributed by atoms with Gasteiger partial charge < -0.3 is 0 Å². The molecule has 1 fully saturated rings. The lowest BCUT2D eigenvalue weighted by Gasteiger charge is -2.29. The largest absolute Gasteiger partial charge is 0.289 e. The topological polar surface area (TPSA) is 46.9 Å². The van der Waals surface area contributed by atoms with E-state index in [1.165, 1.54) is 49.0 Å². The zero-order valence-corrected chi connectivity index (χ0v) is 14.7. The van der Waals surface area contributed by atoms with E-state index in [0.717, 1.165) is 35.3 Å². The van der Waals surface area contributed by atoms with Gasteiger partial charge in [-0.05, 0) is 37.5 Å². The maximum absolute atomic E-state index is 9.79. The fourth-order valence-corrected chi connectivity index (χ4v) is 4.93. The standard InChI is InChI=1S/C21H22N4/c1-14-16-11-12-24(15-7-3-2-4-8-15)21(16)25-19-10-6-5-9-18(19)23-20(25)17(14)13-22/h5-6,9-10,15H,2-4,7-8,11-12H2,1H3/p+1. The number of nitrogens with one attached hydrogen (secondary N) is 1. The monoisotopic (exact) mass is 331 g/mol. The van der Waals surface area contributed by atoms with Crippen molar-refractivity contribution in [2.24, 2.45) is 0 Å². The fraction of sp³-hybridized carbons (Fsp3) is 0.429. The molecule has 1 aromatic carbocycles. The maximum atomic E-state index is 9.79. The maximum Gasteiger partial charge on any atom is 0.250 e. The van der Waals surface area contributed by atoms with E-state index in [1.807, 2.05) is 0 Å². The Labute approximate surface area is 147 Å². The van der Waals surface area contributed by atoms with Crippen LogP contribution in [0.5, 0.6) is 0 Å². The van der Waals surface area contributed by atoms with Crippen LogP contribution in [0.15, 0.2) is 24.3 Å². The highest BCUT2D eigenvalue weighted by Gasteiger charge is 2.38. The number of hydrogen-bond acceptors (Lipinski definition) is 2. The Morgan fingerprint density at radius 2 is 2.00 bits per heavy atom. The van der Waals surface area contributed by atoms with E-state index in [9.17, 15) is 5.26 Å². The van der Waals surface area contributed by atoms with Gasteiger partial charge in [-0.15, -0.1) is 0 Å². The summed E-state index contributed by atoms with van der Waals surface area (Å²) in [6, 6.07) is 11.5. The molecule has 1 aliphatic carbocycles. The minimum absolute atomic E-state index is 0.645. The van der Waals surface area contributed by atoms with E-state index in [-0.39, 0.29) is 0 Å². The van der Waals surface area contributed by atoms with Crippen LogP contribution < -0.4 is 9.30 Å². The molecule has 4 nitrogen and oxygen atoms in total. The molecule has 1 N–H and O–H groups in total. The fourth-order valence-electron chi connectivity index (χ4n) is 4.93. The molecule has 25 heavy (non-hydrogen) atoms. The summed E-state index contributed by atoms with van der Waals surface area (Å²) in [5, 5.41) is 9.79. The van der Waals surface area contributed by atoms with Gasteiger partial charge in [0.25, 0.3) is 0 Å². The molecule has 3 aromatic rings. The van der Waals surface area contributed by atoms with E-state index in [1.54, 1.807) is 0 Å². The summed E-state index contributed by atoms with van der Waals surface area (Å²) >= 11 is 0. The van der Waals surface area contributed by atoms with Gasteiger partial charge in [0.1, 0.15) is 22.7 Å². The molecule has 4 heteroatoms. The number of nitriles is 1. The minimum Gasteiger partial charge on any atom is -0.289 e. The Balaban J connectivity index is 1.84. The van der Waals surface area contributed by atoms with Crippen LogP contribution >= 0.6 is 0 Å². The number of aromatic nitrogens is 2. The Kier molecular flexibility index (Phi) is 3.24. The second-order valence-corrected chi connectivity index (χ2v) is 7.48. The van der Waals surface area contributed by atoms with Crippen molar-refractivity contribution in [1.82, 2.24) is 4.98 Å². The highest BCUT2D eigenvalue weighted by atomic mass is 15.3. The van der Waals surface area contributed by atoms with Gasteiger partial charge in [-0.25, -0.2) is 0 Å². The number of para-hydroxylation sites is 2. The normalized spacial score (nSPS) is 18.0. The third-order valence-electron chi connectivity index (χ3n) is 6.17. The van der Waals surface area contributed by atoms with Gasteiger partial charge in [-0.2, -0.15) is 9.66 Å². The van der Waals surface area contributed by atoms with Crippen LogP contribution in [0.4, 0.5) is 5.82 Å². The molecular weight excluding hydrogens is 308 g/mol. The molecule has 0 saturated heterocycles. The molecule has 2 aliphatic rings. The molecule has 5 rings (SSSR count). The zero-order valence-electron chi connectivity index (χ0n) is 14.7. The summed E-state index contributed by atoms with van der Waals surface area (Å²) < 4.78 is 2.32. The molecule has 3 heterocycles. The minimum atomic E-state index is 0.645. The number of hydrogen-bond donors (Lipinski definition) is 1. The summed E-state index contributed by atoms with van der Waals surface area (Å²) in [5.74, 6) is 1.33. The Bertz CT molecular complexity index is 1020. The van der Waals surface area contributed by atoms with Gasteiger partial charge in [-0.3, -0.25) is 9.88 Å². The third kappa shape index (κ3) is 2.02. The van der Waals surface area contributed by atoms with Crippen LogP contribution in [0.25, 0.3) is 16.7 Å². The van der Waals surface area contributed by atoms with E-state index in [4.69, 9.17) is 0 Å². The molecule has 0 bridgehead atoms. The van der Waals surface area contributed by atoms with Gasteiger partial charge in [0.2, 0.25) is 11.5 Å². The number of nitrogens with zero attached hydrogens (tertiary/aromatic N) is 3. The number of pyridine rings is 1. The van der Waals surface area contributed by atoms with Crippen molar-refractivity contribution in [2.75, 3.05) is 11.4 Å². The van der Waals surface area contributed by atoms with Gasteiger partial charge in [0.15, 0.2) is 0 Å². The Morgan fingerprint density at radius 1 is 1.20 bits per heavy atom. The second-order valence-electron chi connectivity index (χ2n) is 7.48. The number of benzene rings is 1. The van der Waals surface area contributed by atoms with Crippen LogP contribution in [0, 0.1) is 18.3 Å². The molecule has 0 spiro atoms. The summed E-state index contributed by atoms with van der Waals surface area (Å²) in [4.78, 5) is 6.14. The second kappa shape index (κ2) is 5.49. The van der Waals surface area contributed by atoms with Crippen molar-refractivity contribution in [3.63, 3.8) is 0 Å². The molecule has 0 atom stereocenters. The quantitative estimate of drug-likeness (QED) is 0.690. The van der Waals surface area contributed by atoms with Crippen LogP contribution in [-0.4, -0.2) is 17.6 Å². The molecule has 1 saturated carbocycles. The van der Waals surface area contributed by atoms with Crippen molar-refractivity contribution in [3.05, 3.63) is 41.0 Å². The van der Waals surface area contributed by atoms with Gasteiger partial charge in [0, 0.05) is 12.0 Å². The molecule has 126 valence electrons. The SMILES string of the molecule is Cc1c2c([n+]3c([nH]c4ccccc43)c1C#N)N(C1CCCCC1)CC2.